The molecule has 1 N–H and O–H groups in total. The molecule has 3 heterocycles. The molecule has 1 aromatic heterocycles. The first-order valence-electron chi connectivity index (χ1n) is 19.6. The highest BCUT2D eigenvalue weighted by molar-refractivity contribution is 8.00. The van der Waals surface area contributed by atoms with Gasteiger partial charge < -0.3 is 18.9 Å². The van der Waals surface area contributed by atoms with Crippen molar-refractivity contribution < 1.29 is 23.2 Å². The van der Waals surface area contributed by atoms with Crippen LogP contribution >= 0.6 is 23.1 Å². The first-order valence-corrected chi connectivity index (χ1v) is 26.7. The van der Waals surface area contributed by atoms with Gasteiger partial charge in [-0.1, -0.05) is 87.4 Å². The number of fused-ring (bicyclic) bond motifs is 1. The summed E-state index contributed by atoms with van der Waals surface area (Å²) in [4.78, 5) is 33.8. The van der Waals surface area contributed by atoms with E-state index in [4.69, 9.17) is 18.6 Å². The largest absolute Gasteiger partial charge is 0.458 e. The maximum absolute atomic E-state index is 14.9. The van der Waals surface area contributed by atoms with E-state index in [0.29, 0.717) is 6.42 Å². The SMILES string of the molecule is CC[Si](CC)(CC)O[C@H]1[C@@H](C)CCC[C@@]2(C)N[C@H]2C[C@@H](/C(C)=C/c2csc(SC)n2)OC(=O)C[C@H](O[Si](CC)(CC)CC)C(C)(C)C(=O)[C@@H]1C. The fraction of sp³-hybridized carbons (Fsp3) is 0.821. The summed E-state index contributed by atoms with van der Waals surface area (Å²) in [6.07, 6.45) is 6.78. The lowest BCUT2D eigenvalue weighted by Gasteiger charge is -2.44. The number of nitrogens with zero attached hydrogens (tertiary/aromatic N) is 1. The van der Waals surface area contributed by atoms with Gasteiger partial charge in [0.1, 0.15) is 16.2 Å². The fourth-order valence-corrected chi connectivity index (χ4v) is 15.4. The van der Waals surface area contributed by atoms with Gasteiger partial charge in [0.25, 0.3) is 0 Å². The molecular formula is C39H70N2O5S2Si2. The third-order valence-electron chi connectivity index (χ3n) is 12.7. The van der Waals surface area contributed by atoms with Crippen LogP contribution in [-0.2, 0) is 23.2 Å². The molecule has 0 saturated carbocycles. The number of hydrogen-bond acceptors (Lipinski definition) is 9. The summed E-state index contributed by atoms with van der Waals surface area (Å²) in [6, 6.07) is 6.20. The van der Waals surface area contributed by atoms with Crippen LogP contribution in [0, 0.1) is 17.3 Å². The van der Waals surface area contributed by atoms with Crippen molar-refractivity contribution in [3.63, 3.8) is 0 Å². The molecule has 0 spiro atoms. The van der Waals surface area contributed by atoms with Crippen LogP contribution in [-0.4, -0.2) is 69.5 Å². The van der Waals surface area contributed by atoms with Gasteiger partial charge in [0.15, 0.2) is 16.6 Å². The van der Waals surface area contributed by atoms with Gasteiger partial charge in [0, 0.05) is 34.7 Å². The summed E-state index contributed by atoms with van der Waals surface area (Å²) in [7, 11) is -4.22. The topological polar surface area (TPSA) is 96.7 Å². The molecule has 0 aromatic carbocycles. The third kappa shape index (κ3) is 10.4. The van der Waals surface area contributed by atoms with E-state index >= 15 is 0 Å². The Morgan fingerprint density at radius 3 is 2.14 bits per heavy atom. The van der Waals surface area contributed by atoms with E-state index in [-0.39, 0.29) is 47.7 Å². The molecule has 2 aliphatic heterocycles. The minimum Gasteiger partial charge on any atom is -0.458 e. The van der Waals surface area contributed by atoms with Gasteiger partial charge in [-0.25, -0.2) is 4.98 Å². The first kappa shape index (κ1) is 43.6. The third-order valence-corrected chi connectivity index (χ3v) is 23.9. The van der Waals surface area contributed by atoms with Crippen molar-refractivity contribution in [2.75, 3.05) is 6.26 Å². The molecule has 50 heavy (non-hydrogen) atoms. The zero-order valence-corrected chi connectivity index (χ0v) is 37.3. The van der Waals surface area contributed by atoms with Crippen LogP contribution in [0.3, 0.4) is 0 Å². The Morgan fingerprint density at radius 1 is 1.02 bits per heavy atom. The molecule has 11 heteroatoms. The predicted molar refractivity (Wildman–Crippen MR) is 217 cm³/mol. The van der Waals surface area contributed by atoms with Crippen molar-refractivity contribution in [2.45, 2.75) is 186 Å². The number of ether oxygens (including phenoxy) is 1. The molecule has 7 nitrogen and oxygen atoms in total. The van der Waals surface area contributed by atoms with Gasteiger partial charge in [0.2, 0.25) is 0 Å². The molecular weight excluding hydrogens is 697 g/mol. The highest BCUT2D eigenvalue weighted by Gasteiger charge is 2.51. The molecule has 0 radical (unpaired) electrons. The van der Waals surface area contributed by atoms with E-state index in [1.54, 1.807) is 23.1 Å². The summed E-state index contributed by atoms with van der Waals surface area (Å²) in [6.45, 7) is 26.1. The second-order valence-electron chi connectivity index (χ2n) is 16.1. The summed E-state index contributed by atoms with van der Waals surface area (Å²) in [5, 5.41) is 5.82. The minimum absolute atomic E-state index is 0.0108. The maximum atomic E-state index is 14.9. The fourth-order valence-electron chi connectivity index (χ4n) is 8.17. The van der Waals surface area contributed by atoms with Gasteiger partial charge in [-0.2, -0.15) is 0 Å². The number of carbonyl (C=O) groups is 2. The van der Waals surface area contributed by atoms with Crippen molar-refractivity contribution >= 4 is 57.6 Å². The molecule has 2 aliphatic rings. The second-order valence-corrected chi connectivity index (χ2v) is 27.4. The van der Waals surface area contributed by atoms with Crippen molar-refractivity contribution in [1.29, 1.82) is 0 Å². The van der Waals surface area contributed by atoms with Crippen LogP contribution in [0.4, 0.5) is 0 Å². The number of cyclic esters (lactones) is 1. The van der Waals surface area contributed by atoms with E-state index in [2.05, 4.69) is 86.0 Å². The van der Waals surface area contributed by atoms with Crippen molar-refractivity contribution in [3.8, 4) is 0 Å². The molecule has 1 aromatic rings. The first-order chi connectivity index (χ1) is 23.5. The van der Waals surface area contributed by atoms with Crippen LogP contribution in [0.15, 0.2) is 15.3 Å². The smallest absolute Gasteiger partial charge is 0.309 e. The molecule has 2 fully saturated rings. The molecule has 286 valence electrons. The van der Waals surface area contributed by atoms with Crippen molar-refractivity contribution in [1.82, 2.24) is 10.3 Å². The Bertz CT molecular complexity index is 1280. The standard InChI is InChI=1S/C39H70N2O5S2Si2/c1-14-49(15-2,16-3)45-33-25-34(42)44-31(28(8)23-30-26-48-37(40-30)47-13)24-32-39(12,41-32)22-20-21-27(7)35(29(9)36(43)38(33,10)11)46-50(17-4,18-5)19-6/h23,26-27,29,31-33,35,41H,14-22,24-25H2,1-13H3/b28-23+/t27-,29+,31-,32-,33-,35-,39+/m0/s1. The summed E-state index contributed by atoms with van der Waals surface area (Å²) < 4.78 is 21.9. The highest BCUT2D eigenvalue weighted by Crippen LogP contribution is 2.42. The molecule has 0 bridgehead atoms. The lowest BCUT2D eigenvalue weighted by atomic mass is 9.73. The Hall–Kier alpha value is -0.826. The van der Waals surface area contributed by atoms with E-state index in [0.717, 1.165) is 71.1 Å². The van der Waals surface area contributed by atoms with Crippen LogP contribution in [0.25, 0.3) is 6.08 Å². The zero-order chi connectivity index (χ0) is 37.5. The minimum atomic E-state index is -2.20. The Labute approximate surface area is 315 Å². The van der Waals surface area contributed by atoms with Gasteiger partial charge in [-0.15, -0.1) is 11.3 Å². The average Bonchev–Trinajstić information content (AvgIpc) is 3.50. The van der Waals surface area contributed by atoms with Gasteiger partial charge in [0.05, 0.1) is 24.3 Å². The molecule has 0 amide bonds. The normalized spacial score (nSPS) is 30.5. The van der Waals surface area contributed by atoms with Gasteiger partial charge in [-0.3, -0.25) is 9.59 Å². The van der Waals surface area contributed by atoms with Gasteiger partial charge >= 0.3 is 5.97 Å². The summed E-state index contributed by atoms with van der Waals surface area (Å²) >= 11 is 3.26. The highest BCUT2D eigenvalue weighted by atomic mass is 32.2. The van der Waals surface area contributed by atoms with Crippen molar-refractivity contribution in [2.24, 2.45) is 17.3 Å². The van der Waals surface area contributed by atoms with E-state index < -0.39 is 34.3 Å². The predicted octanol–water partition coefficient (Wildman–Crippen LogP) is 10.5. The molecule has 0 aliphatic carbocycles. The lowest BCUT2D eigenvalue weighted by Crippen LogP contribution is -2.53. The number of ketones is 1. The van der Waals surface area contributed by atoms with E-state index in [9.17, 15) is 9.59 Å². The molecule has 3 rings (SSSR count). The van der Waals surface area contributed by atoms with E-state index in [1.165, 1.54) is 0 Å². The Morgan fingerprint density at radius 2 is 1.60 bits per heavy atom. The zero-order valence-electron chi connectivity index (χ0n) is 33.7. The number of hydrogen-bond donors (Lipinski definition) is 1. The number of carbonyl (C=O) groups excluding carboxylic acids is 2. The second kappa shape index (κ2) is 18.5. The van der Waals surface area contributed by atoms with Crippen LogP contribution in [0.1, 0.15) is 121 Å². The number of aromatic nitrogens is 1. The van der Waals surface area contributed by atoms with Crippen molar-refractivity contribution in [3.05, 3.63) is 16.6 Å². The Balaban J connectivity index is 2.08. The lowest BCUT2D eigenvalue weighted by molar-refractivity contribution is -0.153. The number of thioether (sulfide) groups is 1. The van der Waals surface area contributed by atoms with Gasteiger partial charge in [-0.05, 0) is 86.8 Å². The molecule has 7 atom stereocenters. The average molecular weight is 767 g/mol. The summed E-state index contributed by atoms with van der Waals surface area (Å²) in [5.74, 6) is -0.261. The number of thiazole rings is 1. The molecule has 0 unspecified atom stereocenters. The quantitative estimate of drug-likeness (QED) is 0.0917. The van der Waals surface area contributed by atoms with Crippen LogP contribution < -0.4 is 5.32 Å². The number of esters is 1. The monoisotopic (exact) mass is 766 g/mol. The number of Topliss-reactive ketones (excluding diaryl/α,β-unsaturated/α-hetero) is 1. The number of rotatable bonds is 13. The molecule has 2 saturated heterocycles. The maximum Gasteiger partial charge on any atom is 0.309 e. The Kier molecular flexibility index (Phi) is 16.1. The summed E-state index contributed by atoms with van der Waals surface area (Å²) in [5.41, 5.74) is 0.960. The van der Waals surface area contributed by atoms with E-state index in [1.807, 2.05) is 20.1 Å². The number of nitrogens with one attached hydrogen (secondary N) is 1. The van der Waals surface area contributed by atoms with Crippen LogP contribution in [0.2, 0.25) is 36.3 Å². The van der Waals surface area contributed by atoms with Crippen LogP contribution in [0.5, 0.6) is 0 Å².